The molecule has 4 heterocycles. The predicted molar refractivity (Wildman–Crippen MR) is 166 cm³/mol. The smallest absolute Gasteiger partial charge is 0.313 e. The van der Waals surface area contributed by atoms with Crippen molar-refractivity contribution in [2.24, 2.45) is 11.8 Å². The Balaban J connectivity index is 1.59. The maximum absolute atomic E-state index is 14.6. The van der Waals surface area contributed by atoms with Gasteiger partial charge in [0.15, 0.2) is 0 Å². The molecule has 10 nitrogen and oxygen atoms in total. The van der Waals surface area contributed by atoms with E-state index in [4.69, 9.17) is 9.47 Å². The number of carbonyl (C=O) groups excluding carboxylic acids is 4. The van der Waals surface area contributed by atoms with Gasteiger partial charge in [0.05, 0.1) is 25.1 Å². The number of carbonyl (C=O) groups is 4. The molecule has 3 amide bonds. The van der Waals surface area contributed by atoms with Crippen LogP contribution in [0.4, 0.5) is 0 Å². The van der Waals surface area contributed by atoms with E-state index >= 15 is 0 Å². The number of likely N-dealkylation sites (tertiary alicyclic amines) is 1. The van der Waals surface area contributed by atoms with E-state index in [1.807, 2.05) is 49.4 Å². The molecular weight excluding hydrogens is 630 g/mol. The van der Waals surface area contributed by atoms with Crippen LogP contribution < -0.4 is 5.32 Å². The van der Waals surface area contributed by atoms with Crippen molar-refractivity contribution in [2.45, 2.75) is 82.3 Å². The van der Waals surface area contributed by atoms with E-state index in [0.29, 0.717) is 36.0 Å². The summed E-state index contributed by atoms with van der Waals surface area (Å²) in [6.45, 7) is 4.46. The van der Waals surface area contributed by atoms with Gasteiger partial charge in [0.2, 0.25) is 17.7 Å². The van der Waals surface area contributed by atoms with Crippen LogP contribution >= 0.6 is 15.9 Å². The Kier molecular flexibility index (Phi) is 10.3. The molecule has 11 heteroatoms. The third-order valence-corrected chi connectivity index (χ3v) is 9.91. The number of nitrogens with zero attached hydrogens (tertiary/aromatic N) is 2. The first kappa shape index (κ1) is 32.4. The summed E-state index contributed by atoms with van der Waals surface area (Å²) >= 11 is 3.58. The third-order valence-electron chi connectivity index (χ3n) is 9.23. The van der Waals surface area contributed by atoms with Crippen molar-refractivity contribution >= 4 is 39.6 Å². The van der Waals surface area contributed by atoms with Gasteiger partial charge < -0.3 is 29.7 Å². The highest BCUT2D eigenvalue weighted by atomic mass is 79.9. The van der Waals surface area contributed by atoms with Crippen LogP contribution in [0.1, 0.15) is 64.0 Å². The first-order valence-electron chi connectivity index (χ1n) is 15.7. The zero-order chi connectivity index (χ0) is 31.4. The minimum Gasteiger partial charge on any atom is -0.455 e. The molecule has 2 saturated heterocycles. The van der Waals surface area contributed by atoms with E-state index in [2.05, 4.69) is 28.2 Å². The fourth-order valence-electron chi connectivity index (χ4n) is 6.97. The number of hydrogen-bond donors (Lipinski definition) is 2. The number of hydrogen-bond acceptors (Lipinski definition) is 7. The van der Waals surface area contributed by atoms with Crippen LogP contribution in [0, 0.1) is 11.8 Å². The van der Waals surface area contributed by atoms with Gasteiger partial charge in [-0.2, -0.15) is 0 Å². The molecule has 1 aromatic rings. The molecule has 0 aliphatic carbocycles. The molecule has 4 aliphatic rings. The van der Waals surface area contributed by atoms with E-state index in [1.165, 1.54) is 4.90 Å². The van der Waals surface area contributed by atoms with Crippen molar-refractivity contribution in [3.63, 3.8) is 0 Å². The minimum atomic E-state index is -1.40. The highest BCUT2D eigenvalue weighted by molar-refractivity contribution is 9.11. The number of fused-ring (bicyclic) bond motifs is 2. The Hall–Kier alpha value is -3.02. The lowest BCUT2D eigenvalue weighted by Crippen LogP contribution is -2.58. The summed E-state index contributed by atoms with van der Waals surface area (Å²) in [6.07, 6.45) is 7.79. The average Bonchev–Trinajstić information content (AvgIpc) is 3.62. The van der Waals surface area contributed by atoms with Gasteiger partial charge in [-0.05, 0) is 30.9 Å². The van der Waals surface area contributed by atoms with Gasteiger partial charge in [-0.3, -0.25) is 19.2 Å². The highest BCUT2D eigenvalue weighted by Gasteiger charge is 2.75. The number of aliphatic hydroxyl groups is 1. The van der Waals surface area contributed by atoms with Crippen LogP contribution in [0.5, 0.6) is 0 Å². The quantitative estimate of drug-likeness (QED) is 0.247. The average molecular weight is 673 g/mol. The van der Waals surface area contributed by atoms with Crippen molar-refractivity contribution in [3.05, 3.63) is 58.6 Å². The van der Waals surface area contributed by atoms with Gasteiger partial charge in [-0.25, -0.2) is 0 Å². The Morgan fingerprint density at radius 2 is 1.86 bits per heavy atom. The van der Waals surface area contributed by atoms with Crippen molar-refractivity contribution in [1.29, 1.82) is 0 Å². The number of unbranched alkanes of at least 4 members (excludes halogenated alkanes) is 2. The maximum atomic E-state index is 14.6. The van der Waals surface area contributed by atoms with E-state index in [-0.39, 0.29) is 31.4 Å². The fraction of sp³-hybridized carbons (Fsp3) is 0.576. The second-order valence-electron chi connectivity index (χ2n) is 12.0. The predicted octanol–water partition coefficient (Wildman–Crippen LogP) is 3.40. The summed E-state index contributed by atoms with van der Waals surface area (Å²) in [5.41, 5.74) is -0.699. The zero-order valence-corrected chi connectivity index (χ0v) is 26.9. The van der Waals surface area contributed by atoms with Crippen LogP contribution in [0.3, 0.4) is 0 Å². The number of allylic oxidation sites excluding steroid dienone is 1. The molecule has 0 saturated carbocycles. The summed E-state index contributed by atoms with van der Waals surface area (Å²) in [5.74, 6) is -3.54. The second kappa shape index (κ2) is 14.0. The van der Waals surface area contributed by atoms with Gasteiger partial charge in [0, 0.05) is 24.0 Å². The second-order valence-corrected chi connectivity index (χ2v) is 12.9. The molecule has 2 fully saturated rings. The molecule has 44 heavy (non-hydrogen) atoms. The van der Waals surface area contributed by atoms with E-state index in [1.54, 1.807) is 11.0 Å². The van der Waals surface area contributed by atoms with Crippen LogP contribution in [0.2, 0.25) is 0 Å². The van der Waals surface area contributed by atoms with Crippen LogP contribution in [-0.4, -0.2) is 88.6 Å². The van der Waals surface area contributed by atoms with Crippen molar-refractivity contribution < 1.29 is 33.8 Å². The molecule has 0 aromatic heterocycles. The standard InChI is InChI=1S/C33H42BrN3O7/c1-3-5-11-16-36-17-12-7-10-15-25(39)35-19-24(21-13-8-6-9-14-21)43-32(42)26-27-30(40)37(22(4-2)20-38)29(31(36)41)33(27)18-23(34)28(26)44-33/h6-9,12-14,18,22,24,26-29,38H,3-5,10-11,15-17,19-20H2,1-2H3,(H,35,39)/b12-7-/t22-,24+,26+,27-,28+,29+,33-/m0/s1. The van der Waals surface area contributed by atoms with E-state index in [0.717, 1.165) is 19.3 Å². The summed E-state index contributed by atoms with van der Waals surface area (Å²) in [6, 6.07) is 7.45. The number of amides is 3. The molecular formula is C33H42BrN3O7. The molecule has 4 aliphatic heterocycles. The van der Waals surface area contributed by atoms with Crippen molar-refractivity contribution in [3.8, 4) is 0 Å². The summed E-state index contributed by atoms with van der Waals surface area (Å²) in [7, 11) is 0. The summed E-state index contributed by atoms with van der Waals surface area (Å²) < 4.78 is 13.2. The lowest BCUT2D eigenvalue weighted by molar-refractivity contribution is -0.160. The number of halogens is 1. The molecule has 1 aromatic carbocycles. The molecule has 2 N–H and O–H groups in total. The topological polar surface area (TPSA) is 125 Å². The van der Waals surface area contributed by atoms with Crippen LogP contribution in [0.15, 0.2) is 53.0 Å². The molecule has 5 bridgehead atoms. The fourth-order valence-corrected chi connectivity index (χ4v) is 7.71. The third kappa shape index (κ3) is 5.98. The Bertz CT molecular complexity index is 1300. The first-order valence-corrected chi connectivity index (χ1v) is 16.5. The SMILES string of the molecule is CCCCCN1C/C=C\CCC(=O)NC[C@H](c2ccccc2)OC(=O)[C@H]2[C@@H]3O[C@@]4(C=C3Br)[C@@H]2C(=O)N([C@@H](CC)CO)[C@@H]4C1=O. The number of benzene rings is 1. The normalized spacial score (nSPS) is 32.3. The molecule has 7 atom stereocenters. The van der Waals surface area contributed by atoms with Gasteiger partial charge >= 0.3 is 5.97 Å². The molecule has 5 rings (SSSR count). The Morgan fingerprint density at radius 1 is 1.09 bits per heavy atom. The highest BCUT2D eigenvalue weighted by Crippen LogP contribution is 2.59. The lowest BCUT2D eigenvalue weighted by Gasteiger charge is -2.38. The monoisotopic (exact) mass is 671 g/mol. The largest absolute Gasteiger partial charge is 0.455 e. The minimum absolute atomic E-state index is 0.0676. The number of aliphatic hydroxyl groups excluding tert-OH is 1. The number of nitrogens with one attached hydrogen (secondary N) is 1. The van der Waals surface area contributed by atoms with Gasteiger partial charge in [0.1, 0.15) is 29.8 Å². The molecule has 0 radical (unpaired) electrons. The number of esters is 1. The maximum Gasteiger partial charge on any atom is 0.313 e. The molecule has 238 valence electrons. The molecule has 0 unspecified atom stereocenters. The Morgan fingerprint density at radius 3 is 2.57 bits per heavy atom. The molecule has 1 spiro atoms. The van der Waals surface area contributed by atoms with Crippen LogP contribution in [0.25, 0.3) is 0 Å². The number of cyclic esters (lactones) is 1. The van der Waals surface area contributed by atoms with Gasteiger partial charge in [0.25, 0.3) is 0 Å². The number of rotatable bonds is 8. The van der Waals surface area contributed by atoms with Gasteiger partial charge in [-0.15, -0.1) is 0 Å². The zero-order valence-electron chi connectivity index (χ0n) is 25.3. The van der Waals surface area contributed by atoms with Crippen molar-refractivity contribution in [2.75, 3.05) is 26.2 Å². The van der Waals surface area contributed by atoms with Crippen LogP contribution in [-0.2, 0) is 28.7 Å². The Labute approximate surface area is 266 Å². The van der Waals surface area contributed by atoms with E-state index < -0.39 is 53.6 Å². The van der Waals surface area contributed by atoms with Gasteiger partial charge in [-0.1, -0.05) is 85.1 Å². The first-order chi connectivity index (χ1) is 21.3. The van der Waals surface area contributed by atoms with E-state index in [9.17, 15) is 24.3 Å². The lowest BCUT2D eigenvalue weighted by atomic mass is 9.74. The summed E-state index contributed by atoms with van der Waals surface area (Å²) in [4.78, 5) is 59.0. The summed E-state index contributed by atoms with van der Waals surface area (Å²) in [5, 5.41) is 13.2. The van der Waals surface area contributed by atoms with Crippen molar-refractivity contribution in [1.82, 2.24) is 15.1 Å². The number of ether oxygens (including phenoxy) is 2.